The molecule has 2 saturated heterocycles. The van der Waals surface area contributed by atoms with Crippen LogP contribution in [0.4, 0.5) is 11.5 Å². The zero-order valence-electron chi connectivity index (χ0n) is 21.3. The fraction of sp³-hybridized carbons (Fsp3) is 0.591. The Labute approximate surface area is 192 Å². The Morgan fingerprint density at radius 1 is 1.34 bits per heavy atom. The van der Waals surface area contributed by atoms with Crippen molar-refractivity contribution in [2.45, 2.75) is 63.8 Å². The number of hydrogen-bond acceptors (Lipinski definition) is 9. The first-order chi connectivity index (χ1) is 16.6. The number of likely N-dealkylation sites (N-methyl/N-ethyl adjacent to an activating group) is 1. The minimum Gasteiger partial charge on any atom is -0.368 e. The van der Waals surface area contributed by atoms with Crippen molar-refractivity contribution < 1.29 is 13.7 Å². The summed E-state index contributed by atoms with van der Waals surface area (Å²) in [6.45, 7) is 0.498. The zero-order valence-corrected chi connectivity index (χ0v) is 18.3. The predicted octanol–water partition coefficient (Wildman–Crippen LogP) is 0.991. The van der Waals surface area contributed by atoms with Crippen LogP contribution in [0.3, 0.4) is 0 Å². The number of rotatable bonds is 6. The molecule has 0 bridgehead atoms. The standard InChI is InChI=1S/C22H32N8O2/c1-4-18(31)14-10-24-19(27-22(32)13-5-6-13)9-15(14)26-21-20-16(7-8-23-21)30-17(11-25-28-30)12(2)29(20)3/h9-13,16,20-21,23,25,28H,4-8H2,1-3H3,(H2,24,26,27,32)/t12-,16?,20?,21?/m1/s1/i1D3. The van der Waals surface area contributed by atoms with Crippen LogP contribution in [0.25, 0.3) is 0 Å². The van der Waals surface area contributed by atoms with Crippen LogP contribution in [0, 0.1) is 5.92 Å². The van der Waals surface area contributed by atoms with Gasteiger partial charge in [-0.2, -0.15) is 0 Å². The van der Waals surface area contributed by atoms with E-state index >= 15 is 0 Å². The Kier molecular flexibility index (Phi) is 4.64. The zero-order chi connectivity index (χ0) is 24.9. The summed E-state index contributed by atoms with van der Waals surface area (Å²) in [6.07, 6.45) is 5.15. The van der Waals surface area contributed by atoms with E-state index in [1.54, 1.807) is 6.07 Å². The van der Waals surface area contributed by atoms with Crippen LogP contribution in [0.5, 0.6) is 0 Å². The molecule has 4 aliphatic rings. The molecule has 1 amide bonds. The van der Waals surface area contributed by atoms with E-state index in [9.17, 15) is 9.59 Å². The predicted molar refractivity (Wildman–Crippen MR) is 121 cm³/mol. The molecule has 1 aliphatic carbocycles. The van der Waals surface area contributed by atoms with Gasteiger partial charge in [0.1, 0.15) is 5.82 Å². The van der Waals surface area contributed by atoms with Crippen molar-refractivity contribution in [1.29, 1.82) is 0 Å². The second kappa shape index (κ2) is 8.34. The van der Waals surface area contributed by atoms with Gasteiger partial charge in [0.2, 0.25) is 5.91 Å². The van der Waals surface area contributed by atoms with Gasteiger partial charge < -0.3 is 16.1 Å². The smallest absolute Gasteiger partial charge is 0.228 e. The monoisotopic (exact) mass is 443 g/mol. The minimum absolute atomic E-state index is 0.00652. The number of ketones is 1. The Bertz CT molecular complexity index is 1040. The number of anilines is 2. The fourth-order valence-electron chi connectivity index (χ4n) is 4.90. The van der Waals surface area contributed by atoms with E-state index in [4.69, 9.17) is 4.11 Å². The van der Waals surface area contributed by atoms with Crippen LogP contribution in [0.2, 0.25) is 0 Å². The number of hydrazine groups is 2. The molecule has 0 radical (unpaired) electrons. The number of pyridine rings is 1. The molecule has 1 aromatic rings. The number of piperidine rings is 1. The molecular formula is C22H32N8O2. The molecule has 4 heterocycles. The molecule has 172 valence electrons. The number of Topliss-reactive ketones (excluding diaryl/α,β-unsaturated/α-hetero) is 1. The molecule has 0 aromatic carbocycles. The van der Waals surface area contributed by atoms with E-state index in [1.807, 2.05) is 6.20 Å². The van der Waals surface area contributed by atoms with Gasteiger partial charge in [-0.05, 0) is 39.8 Å². The third kappa shape index (κ3) is 3.72. The minimum atomic E-state index is -2.39. The maximum atomic E-state index is 12.9. The summed E-state index contributed by atoms with van der Waals surface area (Å²) in [7, 11) is 2.08. The molecule has 32 heavy (non-hydrogen) atoms. The van der Waals surface area contributed by atoms with Gasteiger partial charge in [-0.25, -0.2) is 4.98 Å². The van der Waals surface area contributed by atoms with Crippen molar-refractivity contribution in [3.63, 3.8) is 0 Å². The van der Waals surface area contributed by atoms with E-state index in [0.717, 1.165) is 31.5 Å². The summed E-state index contributed by atoms with van der Waals surface area (Å²) in [5.41, 5.74) is 8.14. The van der Waals surface area contributed by atoms with Crippen LogP contribution in [-0.2, 0) is 4.79 Å². The molecule has 4 atom stereocenters. The van der Waals surface area contributed by atoms with Crippen LogP contribution >= 0.6 is 0 Å². The molecule has 3 fully saturated rings. The number of nitrogens with zero attached hydrogens (tertiary/aromatic N) is 3. The van der Waals surface area contributed by atoms with Gasteiger partial charge in [0.25, 0.3) is 0 Å². The number of hydrogen-bond donors (Lipinski definition) is 5. The molecule has 10 nitrogen and oxygen atoms in total. The van der Waals surface area contributed by atoms with E-state index in [1.165, 1.54) is 6.20 Å². The van der Waals surface area contributed by atoms with Gasteiger partial charge in [-0.1, -0.05) is 6.85 Å². The molecule has 3 aliphatic heterocycles. The van der Waals surface area contributed by atoms with Crippen molar-refractivity contribution in [2.75, 3.05) is 24.2 Å². The summed E-state index contributed by atoms with van der Waals surface area (Å²) in [5.74, 6) is -0.266. The van der Waals surface area contributed by atoms with Crippen LogP contribution < -0.4 is 26.9 Å². The maximum Gasteiger partial charge on any atom is 0.228 e. The largest absolute Gasteiger partial charge is 0.368 e. The average Bonchev–Trinajstić information content (AvgIpc) is 3.53. The molecule has 3 unspecified atom stereocenters. The van der Waals surface area contributed by atoms with Crippen LogP contribution in [-0.4, -0.2) is 64.5 Å². The number of fused-ring (bicyclic) bond motifs is 3. The lowest BCUT2D eigenvalue weighted by atomic mass is 9.90. The van der Waals surface area contributed by atoms with Gasteiger partial charge in [0, 0.05) is 34.9 Å². The first-order valence-corrected chi connectivity index (χ1v) is 11.2. The first-order valence-electron chi connectivity index (χ1n) is 12.7. The van der Waals surface area contributed by atoms with Gasteiger partial charge in [-0.15, -0.1) is 5.53 Å². The van der Waals surface area contributed by atoms with Gasteiger partial charge >= 0.3 is 0 Å². The normalized spacial score (nSPS) is 31.2. The van der Waals surface area contributed by atoms with Crippen molar-refractivity contribution in [3.8, 4) is 0 Å². The highest BCUT2D eigenvalue weighted by atomic mass is 16.2. The van der Waals surface area contributed by atoms with Crippen LogP contribution in [0.15, 0.2) is 24.2 Å². The fourth-order valence-corrected chi connectivity index (χ4v) is 4.90. The highest BCUT2D eigenvalue weighted by Crippen LogP contribution is 2.34. The molecular weight excluding hydrogens is 408 g/mol. The Morgan fingerprint density at radius 2 is 2.19 bits per heavy atom. The topological polar surface area (TPSA) is 114 Å². The Balaban J connectivity index is 1.44. The van der Waals surface area contributed by atoms with Crippen molar-refractivity contribution in [1.82, 2.24) is 31.2 Å². The highest BCUT2D eigenvalue weighted by Gasteiger charge is 2.48. The lowest BCUT2D eigenvalue weighted by Crippen LogP contribution is -2.72. The second-order valence-electron chi connectivity index (χ2n) is 8.94. The average molecular weight is 444 g/mol. The summed E-state index contributed by atoms with van der Waals surface area (Å²) in [5, 5.41) is 12.0. The third-order valence-electron chi connectivity index (χ3n) is 6.94. The van der Waals surface area contributed by atoms with Crippen molar-refractivity contribution in [2.24, 2.45) is 5.92 Å². The number of amides is 1. The van der Waals surface area contributed by atoms with E-state index in [2.05, 4.69) is 55.8 Å². The van der Waals surface area contributed by atoms with Crippen molar-refractivity contribution >= 4 is 23.2 Å². The van der Waals surface area contributed by atoms with Gasteiger partial charge in [0.05, 0.1) is 41.2 Å². The lowest BCUT2D eigenvalue weighted by Gasteiger charge is -2.54. The lowest BCUT2D eigenvalue weighted by molar-refractivity contribution is -0.117. The maximum absolute atomic E-state index is 12.9. The Morgan fingerprint density at radius 3 is 2.97 bits per heavy atom. The number of carbonyl (C=O) groups excluding carboxylic acids is 2. The third-order valence-corrected chi connectivity index (χ3v) is 6.94. The Hall–Kier alpha value is -2.69. The summed E-state index contributed by atoms with van der Waals surface area (Å²) < 4.78 is 22.6. The second-order valence-corrected chi connectivity index (χ2v) is 8.94. The summed E-state index contributed by atoms with van der Waals surface area (Å²) >= 11 is 0. The number of nitrogens with one attached hydrogen (secondary N) is 5. The SMILES string of the molecule is [2H]C([2H])([2H])CC(=O)c1cnc(NC(=O)C2CC2)cc1NC1NCCC2C1N(C)[C@H](C)C1=CNNN12. The number of carbonyl (C=O) groups is 2. The molecule has 1 saturated carbocycles. The molecule has 10 heteroatoms. The van der Waals surface area contributed by atoms with Gasteiger partial charge in [0.15, 0.2) is 5.78 Å². The molecule has 0 spiro atoms. The summed E-state index contributed by atoms with van der Waals surface area (Å²) in [4.78, 5) is 31.8. The first kappa shape index (κ1) is 17.8. The van der Waals surface area contributed by atoms with E-state index < -0.39 is 19.1 Å². The number of aromatic nitrogens is 1. The summed E-state index contributed by atoms with van der Waals surface area (Å²) in [6, 6.07) is 1.97. The highest BCUT2D eigenvalue weighted by molar-refractivity contribution is 6.02. The van der Waals surface area contributed by atoms with Crippen molar-refractivity contribution in [3.05, 3.63) is 29.7 Å². The molecule has 5 N–H and O–H groups in total. The van der Waals surface area contributed by atoms with E-state index in [0.29, 0.717) is 11.5 Å². The number of piperazine rings is 1. The quantitative estimate of drug-likeness (QED) is 0.411. The van der Waals surface area contributed by atoms with Gasteiger partial charge in [-0.3, -0.25) is 24.8 Å². The van der Waals surface area contributed by atoms with E-state index in [-0.39, 0.29) is 41.7 Å². The molecule has 5 rings (SSSR count). The molecule has 1 aromatic heterocycles. The van der Waals surface area contributed by atoms with Crippen LogP contribution in [0.1, 0.15) is 53.9 Å².